The predicted molar refractivity (Wildman–Crippen MR) is 76.7 cm³/mol. The summed E-state index contributed by atoms with van der Waals surface area (Å²) in [5, 5.41) is 0. The number of methoxy groups -OCH3 is 1. The van der Waals surface area contributed by atoms with Gasteiger partial charge in [0.1, 0.15) is 5.65 Å². The number of carbonyl (C=O) groups excluding carboxylic acids is 1. The minimum Gasteiger partial charge on any atom is -0.464 e. The molecule has 0 aliphatic heterocycles. The number of benzene rings is 1. The second kappa shape index (κ2) is 4.81. The Bertz CT molecular complexity index is 776. The van der Waals surface area contributed by atoms with Gasteiger partial charge in [0.05, 0.1) is 12.8 Å². The first-order valence-corrected chi connectivity index (χ1v) is 6.34. The summed E-state index contributed by atoms with van der Waals surface area (Å²) in [5.41, 5.74) is 3.96. The van der Waals surface area contributed by atoms with Gasteiger partial charge in [0.15, 0.2) is 5.69 Å². The Kier molecular flexibility index (Phi) is 2.99. The second-order valence-electron chi connectivity index (χ2n) is 4.52. The van der Waals surface area contributed by atoms with E-state index < -0.39 is 0 Å². The SMILES string of the molecule is COC(=O)c1c(C)nc2c(-c3ccccc3)cccn12. The zero-order chi connectivity index (χ0) is 14.1. The monoisotopic (exact) mass is 266 g/mol. The summed E-state index contributed by atoms with van der Waals surface area (Å²) in [6.45, 7) is 1.81. The molecule has 4 nitrogen and oxygen atoms in total. The smallest absolute Gasteiger partial charge is 0.356 e. The Morgan fingerprint density at radius 2 is 1.90 bits per heavy atom. The van der Waals surface area contributed by atoms with E-state index in [1.165, 1.54) is 7.11 Å². The minimum absolute atomic E-state index is 0.375. The lowest BCUT2D eigenvalue weighted by molar-refractivity contribution is 0.0592. The normalized spacial score (nSPS) is 10.7. The van der Waals surface area contributed by atoms with E-state index in [-0.39, 0.29) is 5.97 Å². The summed E-state index contributed by atoms with van der Waals surface area (Å²) in [6, 6.07) is 13.9. The molecule has 20 heavy (non-hydrogen) atoms. The molecule has 0 atom stereocenters. The number of nitrogens with zero attached hydrogens (tertiary/aromatic N) is 2. The largest absolute Gasteiger partial charge is 0.464 e. The van der Waals surface area contributed by atoms with E-state index in [1.54, 1.807) is 4.40 Å². The van der Waals surface area contributed by atoms with Crippen LogP contribution >= 0.6 is 0 Å². The van der Waals surface area contributed by atoms with Gasteiger partial charge >= 0.3 is 5.97 Å². The molecule has 0 saturated heterocycles. The van der Waals surface area contributed by atoms with Gasteiger partial charge < -0.3 is 4.74 Å². The summed E-state index contributed by atoms with van der Waals surface area (Å²) in [5.74, 6) is -0.375. The Balaban J connectivity index is 2.30. The summed E-state index contributed by atoms with van der Waals surface area (Å²) in [4.78, 5) is 16.4. The third-order valence-corrected chi connectivity index (χ3v) is 3.29. The van der Waals surface area contributed by atoms with Crippen LogP contribution in [0, 0.1) is 6.92 Å². The number of carbonyl (C=O) groups is 1. The average molecular weight is 266 g/mol. The Hall–Kier alpha value is -2.62. The minimum atomic E-state index is -0.375. The Labute approximate surface area is 116 Å². The summed E-state index contributed by atoms with van der Waals surface area (Å²) in [7, 11) is 1.38. The lowest BCUT2D eigenvalue weighted by Gasteiger charge is -2.05. The van der Waals surface area contributed by atoms with Gasteiger partial charge in [-0.15, -0.1) is 0 Å². The third kappa shape index (κ3) is 1.86. The van der Waals surface area contributed by atoms with Crippen molar-refractivity contribution in [3.63, 3.8) is 0 Å². The molecule has 0 fully saturated rings. The van der Waals surface area contributed by atoms with Crippen LogP contribution < -0.4 is 0 Å². The predicted octanol–water partition coefficient (Wildman–Crippen LogP) is 3.10. The first kappa shape index (κ1) is 12.4. The quantitative estimate of drug-likeness (QED) is 0.669. The molecule has 0 unspecified atom stereocenters. The van der Waals surface area contributed by atoms with Crippen molar-refractivity contribution in [1.82, 2.24) is 9.38 Å². The first-order chi connectivity index (χ1) is 9.72. The topological polar surface area (TPSA) is 43.6 Å². The van der Waals surface area contributed by atoms with Crippen molar-refractivity contribution in [3.05, 3.63) is 60.0 Å². The maximum Gasteiger partial charge on any atom is 0.356 e. The van der Waals surface area contributed by atoms with Gasteiger partial charge in [-0.05, 0) is 24.6 Å². The molecule has 2 aromatic heterocycles. The molecule has 0 spiro atoms. The number of rotatable bonds is 2. The molecule has 0 aliphatic rings. The average Bonchev–Trinajstić information content (AvgIpc) is 2.83. The molecule has 100 valence electrons. The summed E-state index contributed by atoms with van der Waals surface area (Å²) < 4.78 is 6.61. The van der Waals surface area contributed by atoms with Crippen LogP contribution in [0.15, 0.2) is 48.7 Å². The molecule has 0 N–H and O–H groups in total. The van der Waals surface area contributed by atoms with Crippen molar-refractivity contribution in [3.8, 4) is 11.1 Å². The molecule has 3 rings (SSSR count). The van der Waals surface area contributed by atoms with Gasteiger partial charge in [0.2, 0.25) is 0 Å². The van der Waals surface area contributed by atoms with Crippen LogP contribution in [0.4, 0.5) is 0 Å². The standard InChI is InChI=1S/C16H14N2O2/c1-11-14(16(19)20-2)18-10-6-9-13(15(18)17-11)12-7-4-3-5-8-12/h3-10H,1-2H3. The Morgan fingerprint density at radius 3 is 2.60 bits per heavy atom. The van der Waals surface area contributed by atoms with E-state index in [1.807, 2.05) is 55.6 Å². The number of fused-ring (bicyclic) bond motifs is 1. The molecule has 3 aromatic rings. The Morgan fingerprint density at radius 1 is 1.15 bits per heavy atom. The molecular weight excluding hydrogens is 252 g/mol. The molecular formula is C16H14N2O2. The van der Waals surface area contributed by atoms with Gasteiger partial charge in [0, 0.05) is 11.8 Å². The lowest BCUT2D eigenvalue weighted by Crippen LogP contribution is -2.07. The van der Waals surface area contributed by atoms with Gasteiger partial charge in [-0.1, -0.05) is 30.3 Å². The maximum absolute atomic E-state index is 11.9. The van der Waals surface area contributed by atoms with Crippen LogP contribution in [0.1, 0.15) is 16.2 Å². The van der Waals surface area contributed by atoms with Crippen LogP contribution in [0.2, 0.25) is 0 Å². The molecule has 4 heteroatoms. The summed E-state index contributed by atoms with van der Waals surface area (Å²) in [6.07, 6.45) is 1.83. The van der Waals surface area contributed by atoms with Gasteiger partial charge in [-0.3, -0.25) is 4.40 Å². The van der Waals surface area contributed by atoms with E-state index in [2.05, 4.69) is 4.98 Å². The van der Waals surface area contributed by atoms with Crippen LogP contribution in [0.3, 0.4) is 0 Å². The van der Waals surface area contributed by atoms with Crippen molar-refractivity contribution in [2.75, 3.05) is 7.11 Å². The van der Waals surface area contributed by atoms with E-state index >= 15 is 0 Å². The highest BCUT2D eigenvalue weighted by Gasteiger charge is 2.18. The van der Waals surface area contributed by atoms with Crippen LogP contribution in [-0.2, 0) is 4.74 Å². The molecule has 0 radical (unpaired) electrons. The lowest BCUT2D eigenvalue weighted by atomic mass is 10.1. The van der Waals surface area contributed by atoms with Crippen molar-refractivity contribution < 1.29 is 9.53 Å². The molecule has 0 bridgehead atoms. The van der Waals surface area contributed by atoms with Crippen molar-refractivity contribution >= 4 is 11.6 Å². The number of hydrogen-bond acceptors (Lipinski definition) is 3. The number of esters is 1. The molecule has 2 heterocycles. The number of pyridine rings is 1. The first-order valence-electron chi connectivity index (χ1n) is 6.34. The number of imidazole rings is 1. The van der Waals surface area contributed by atoms with Crippen molar-refractivity contribution in [2.45, 2.75) is 6.92 Å². The molecule has 0 aliphatic carbocycles. The number of hydrogen-bond donors (Lipinski definition) is 0. The zero-order valence-electron chi connectivity index (χ0n) is 11.3. The fourth-order valence-corrected chi connectivity index (χ4v) is 2.37. The van der Waals surface area contributed by atoms with E-state index in [0.29, 0.717) is 11.4 Å². The van der Waals surface area contributed by atoms with Crippen LogP contribution in [-0.4, -0.2) is 22.5 Å². The molecule has 0 amide bonds. The van der Waals surface area contributed by atoms with Gasteiger partial charge in [-0.2, -0.15) is 0 Å². The van der Waals surface area contributed by atoms with Crippen LogP contribution in [0.25, 0.3) is 16.8 Å². The molecule has 0 saturated carbocycles. The van der Waals surface area contributed by atoms with Gasteiger partial charge in [0.25, 0.3) is 0 Å². The highest BCUT2D eigenvalue weighted by molar-refractivity contribution is 5.91. The van der Waals surface area contributed by atoms with E-state index in [4.69, 9.17) is 4.74 Å². The van der Waals surface area contributed by atoms with Crippen LogP contribution in [0.5, 0.6) is 0 Å². The zero-order valence-corrected chi connectivity index (χ0v) is 11.3. The molecule has 1 aromatic carbocycles. The van der Waals surface area contributed by atoms with E-state index in [0.717, 1.165) is 16.8 Å². The fraction of sp³-hybridized carbons (Fsp3) is 0.125. The third-order valence-electron chi connectivity index (χ3n) is 3.29. The van der Waals surface area contributed by atoms with Crippen molar-refractivity contribution in [2.24, 2.45) is 0 Å². The number of aromatic nitrogens is 2. The fourth-order valence-electron chi connectivity index (χ4n) is 2.37. The highest BCUT2D eigenvalue weighted by atomic mass is 16.5. The second-order valence-corrected chi connectivity index (χ2v) is 4.52. The van der Waals surface area contributed by atoms with E-state index in [9.17, 15) is 4.79 Å². The number of aryl methyl sites for hydroxylation is 1. The van der Waals surface area contributed by atoms with Gasteiger partial charge in [-0.25, -0.2) is 9.78 Å². The number of ether oxygens (including phenoxy) is 1. The van der Waals surface area contributed by atoms with Crippen molar-refractivity contribution in [1.29, 1.82) is 0 Å². The maximum atomic E-state index is 11.9. The highest BCUT2D eigenvalue weighted by Crippen LogP contribution is 2.25. The summed E-state index contributed by atoms with van der Waals surface area (Å²) >= 11 is 0.